The van der Waals surface area contributed by atoms with Crippen molar-refractivity contribution in [1.82, 2.24) is 5.32 Å². The number of aliphatic carboxylic acids is 1. The molecule has 0 aromatic heterocycles. The summed E-state index contributed by atoms with van der Waals surface area (Å²) in [6.45, 7) is 0. The van der Waals surface area contributed by atoms with Crippen molar-refractivity contribution in [2.24, 2.45) is 0 Å². The van der Waals surface area contributed by atoms with Gasteiger partial charge in [0.05, 0.1) is 9.57 Å². The van der Waals surface area contributed by atoms with Crippen molar-refractivity contribution in [2.45, 2.75) is 11.4 Å². The molecule has 0 radical (unpaired) electrons. The fourth-order valence-corrected chi connectivity index (χ4v) is 2.35. The monoisotopic (exact) mass is 209 g/mol. The lowest BCUT2D eigenvalue weighted by atomic mass is 10.3. The van der Waals surface area contributed by atoms with Gasteiger partial charge in [-0.15, -0.1) is 24.4 Å². The molecule has 1 aliphatic heterocycles. The summed E-state index contributed by atoms with van der Waals surface area (Å²) in [6.07, 6.45) is 0. The average molecular weight is 209 g/mol. The Balaban J connectivity index is 2.47. The van der Waals surface area contributed by atoms with Crippen molar-refractivity contribution in [2.75, 3.05) is 5.75 Å². The third kappa shape index (κ3) is 2.33. The molecule has 2 N–H and O–H groups in total. The Labute approximate surface area is 79.3 Å². The molecule has 1 aliphatic rings. The molecule has 1 heterocycles. The summed E-state index contributed by atoms with van der Waals surface area (Å²) in [5.74, 6) is -0.273. The van der Waals surface area contributed by atoms with Crippen molar-refractivity contribution in [3.63, 3.8) is 0 Å². The van der Waals surface area contributed by atoms with Gasteiger partial charge in [0.1, 0.15) is 6.04 Å². The molecule has 2 atom stereocenters. The van der Waals surface area contributed by atoms with Crippen molar-refractivity contribution in [3.8, 4) is 0 Å². The Kier molecular flexibility index (Phi) is 3.17. The van der Waals surface area contributed by atoms with Gasteiger partial charge in [-0.1, -0.05) is 12.2 Å². The number of thiocarbonyl (C=S) groups is 1. The van der Waals surface area contributed by atoms with E-state index in [0.717, 1.165) is 0 Å². The predicted octanol–water partition coefficient (Wildman–Crippen LogP) is 0.359. The molecule has 0 bridgehead atoms. The van der Waals surface area contributed by atoms with Crippen LogP contribution in [0.3, 0.4) is 0 Å². The fraction of sp³-hybridized carbons (Fsp3) is 0.600. The summed E-state index contributed by atoms with van der Waals surface area (Å²) in [4.78, 5) is 10.4. The van der Waals surface area contributed by atoms with Crippen LogP contribution in [0.2, 0.25) is 0 Å². The second-order valence-corrected chi connectivity index (χ2v) is 4.47. The Hall–Kier alpha value is 0.220. The zero-order chi connectivity index (χ0) is 8.43. The van der Waals surface area contributed by atoms with Gasteiger partial charge < -0.3 is 5.11 Å². The van der Waals surface area contributed by atoms with Gasteiger partial charge in [-0.3, -0.25) is 10.1 Å². The van der Waals surface area contributed by atoms with Crippen LogP contribution in [0.15, 0.2) is 0 Å². The van der Waals surface area contributed by atoms with Gasteiger partial charge in [-0.25, -0.2) is 0 Å². The first-order valence-electron chi connectivity index (χ1n) is 2.94. The summed E-state index contributed by atoms with van der Waals surface area (Å²) in [5, 5.41) is 11.3. The standard InChI is InChI=1S/C5H7NO2S3/c7-4(8)2-1-11-3(6-2)5(9)10/h2-3,6H,1H2,(H,7,8)(H,9,10). The second kappa shape index (κ2) is 3.75. The Morgan fingerprint density at radius 1 is 1.82 bits per heavy atom. The molecule has 1 rings (SSSR count). The maximum absolute atomic E-state index is 10.4. The minimum Gasteiger partial charge on any atom is -0.480 e. The number of rotatable bonds is 2. The predicted molar refractivity (Wildman–Crippen MR) is 52.4 cm³/mol. The van der Waals surface area contributed by atoms with Crippen LogP contribution in [-0.4, -0.2) is 32.4 Å². The molecule has 1 fully saturated rings. The molecule has 11 heavy (non-hydrogen) atoms. The van der Waals surface area contributed by atoms with E-state index in [9.17, 15) is 4.79 Å². The zero-order valence-corrected chi connectivity index (χ0v) is 8.01. The van der Waals surface area contributed by atoms with E-state index in [4.69, 9.17) is 17.3 Å². The van der Waals surface area contributed by atoms with Gasteiger partial charge in [-0.05, 0) is 0 Å². The number of carboxylic acid groups (broad SMARTS) is 1. The molecule has 3 nitrogen and oxygen atoms in total. The highest BCUT2D eigenvalue weighted by molar-refractivity contribution is 8.15. The number of hydrogen-bond donors (Lipinski definition) is 3. The minimum absolute atomic E-state index is 0.0885. The van der Waals surface area contributed by atoms with Gasteiger partial charge in [0, 0.05) is 5.75 Å². The van der Waals surface area contributed by atoms with Gasteiger partial charge in [-0.2, -0.15) is 0 Å². The van der Waals surface area contributed by atoms with E-state index >= 15 is 0 Å². The molecule has 0 aromatic carbocycles. The van der Waals surface area contributed by atoms with Crippen LogP contribution in [0.5, 0.6) is 0 Å². The molecule has 1 saturated heterocycles. The van der Waals surface area contributed by atoms with Gasteiger partial charge in [0.25, 0.3) is 0 Å². The van der Waals surface area contributed by atoms with Crippen LogP contribution >= 0.6 is 36.6 Å². The average Bonchev–Trinajstić information content (AvgIpc) is 2.33. The highest BCUT2D eigenvalue weighted by Gasteiger charge is 2.30. The highest BCUT2D eigenvalue weighted by atomic mass is 32.2. The van der Waals surface area contributed by atoms with E-state index in [1.54, 1.807) is 0 Å². The third-order valence-corrected chi connectivity index (χ3v) is 3.35. The third-order valence-electron chi connectivity index (χ3n) is 1.30. The largest absolute Gasteiger partial charge is 0.480 e. The molecular weight excluding hydrogens is 202 g/mol. The molecule has 0 aromatic rings. The zero-order valence-electron chi connectivity index (χ0n) is 5.48. The molecule has 0 spiro atoms. The Morgan fingerprint density at radius 3 is 2.73 bits per heavy atom. The maximum atomic E-state index is 10.4. The lowest BCUT2D eigenvalue weighted by Gasteiger charge is -2.06. The molecular formula is C5H7NO2S3. The number of thiol groups is 1. The van der Waals surface area contributed by atoms with Crippen LogP contribution in [0.25, 0.3) is 0 Å². The topological polar surface area (TPSA) is 49.3 Å². The smallest absolute Gasteiger partial charge is 0.321 e. The summed E-state index contributed by atoms with van der Waals surface area (Å²) in [7, 11) is 0. The summed E-state index contributed by atoms with van der Waals surface area (Å²) >= 11 is 10.2. The van der Waals surface area contributed by atoms with Crippen LogP contribution in [0, 0.1) is 0 Å². The summed E-state index contributed by atoms with van der Waals surface area (Å²) in [5.41, 5.74) is 0. The van der Waals surface area contributed by atoms with E-state index in [2.05, 4.69) is 17.9 Å². The highest BCUT2D eigenvalue weighted by Crippen LogP contribution is 2.21. The number of hydrogen-bond acceptors (Lipinski definition) is 4. The summed E-state index contributed by atoms with van der Waals surface area (Å²) in [6, 6.07) is -0.477. The Bertz CT molecular complexity index is 176. The van der Waals surface area contributed by atoms with Gasteiger partial charge in [0.2, 0.25) is 0 Å². The number of thioether (sulfide) groups is 1. The maximum Gasteiger partial charge on any atom is 0.321 e. The van der Waals surface area contributed by atoms with E-state index in [1.807, 2.05) is 0 Å². The van der Waals surface area contributed by atoms with Crippen LogP contribution in [0.1, 0.15) is 0 Å². The van der Waals surface area contributed by atoms with Crippen molar-refractivity contribution in [1.29, 1.82) is 0 Å². The van der Waals surface area contributed by atoms with E-state index < -0.39 is 12.0 Å². The molecule has 62 valence electrons. The lowest BCUT2D eigenvalue weighted by Crippen LogP contribution is -2.38. The summed E-state index contributed by atoms with van der Waals surface area (Å²) < 4.78 is 0.513. The van der Waals surface area contributed by atoms with Crippen molar-refractivity contribution < 1.29 is 9.90 Å². The molecule has 2 unspecified atom stereocenters. The minimum atomic E-state index is -0.829. The van der Waals surface area contributed by atoms with Crippen LogP contribution in [0.4, 0.5) is 0 Å². The lowest BCUT2D eigenvalue weighted by molar-refractivity contribution is -0.138. The quantitative estimate of drug-likeness (QED) is 0.453. The number of carbonyl (C=O) groups is 1. The van der Waals surface area contributed by atoms with E-state index in [0.29, 0.717) is 9.95 Å². The molecule has 0 amide bonds. The Morgan fingerprint density at radius 2 is 2.45 bits per heavy atom. The first-order chi connectivity index (χ1) is 5.11. The van der Waals surface area contributed by atoms with Crippen molar-refractivity contribution in [3.05, 3.63) is 0 Å². The SMILES string of the molecule is O=C(O)C1CSC(C(=S)S)N1. The number of carboxylic acids is 1. The second-order valence-electron chi connectivity index (χ2n) is 2.11. The van der Waals surface area contributed by atoms with Gasteiger partial charge >= 0.3 is 5.97 Å². The van der Waals surface area contributed by atoms with E-state index in [-0.39, 0.29) is 5.37 Å². The molecule has 0 saturated carbocycles. The van der Waals surface area contributed by atoms with Crippen LogP contribution in [-0.2, 0) is 4.79 Å². The number of nitrogens with one attached hydrogen (secondary N) is 1. The van der Waals surface area contributed by atoms with Crippen molar-refractivity contribution >= 4 is 46.8 Å². The fourth-order valence-electron chi connectivity index (χ4n) is 0.757. The normalized spacial score (nSPS) is 30.3. The molecule has 0 aliphatic carbocycles. The molecule has 6 heteroatoms. The van der Waals surface area contributed by atoms with E-state index in [1.165, 1.54) is 11.8 Å². The first-order valence-corrected chi connectivity index (χ1v) is 4.85. The van der Waals surface area contributed by atoms with Crippen LogP contribution < -0.4 is 5.32 Å². The van der Waals surface area contributed by atoms with Gasteiger partial charge in [0.15, 0.2) is 0 Å². The first kappa shape index (κ1) is 9.31.